The van der Waals surface area contributed by atoms with Gasteiger partial charge in [0.2, 0.25) is 11.8 Å². The molecule has 6 nitrogen and oxygen atoms in total. The molecule has 0 atom stereocenters. The number of H-pyrrole nitrogens is 1. The molecule has 0 saturated heterocycles. The van der Waals surface area contributed by atoms with Gasteiger partial charge in [-0.1, -0.05) is 46.9 Å². The van der Waals surface area contributed by atoms with Crippen LogP contribution in [-0.4, -0.2) is 16.0 Å². The number of fused-ring (bicyclic) bond motifs is 1. The molecule has 0 aliphatic rings. The van der Waals surface area contributed by atoms with E-state index in [9.17, 15) is 9.90 Å². The number of anilines is 1. The van der Waals surface area contributed by atoms with Gasteiger partial charge in [-0.05, 0) is 54.1 Å². The number of aromatic nitrogens is 1. The van der Waals surface area contributed by atoms with Gasteiger partial charge in [-0.15, -0.1) is 10.2 Å². The number of carbonyl (C=O) groups is 1. The van der Waals surface area contributed by atoms with Crippen molar-refractivity contribution in [2.24, 2.45) is 10.2 Å². The van der Waals surface area contributed by atoms with Crippen LogP contribution in [0.4, 0.5) is 17.1 Å². The lowest BCUT2D eigenvalue weighted by atomic mass is 10.1. The van der Waals surface area contributed by atoms with Crippen LogP contribution in [0.3, 0.4) is 0 Å². The Hall–Kier alpha value is -3.06. The summed E-state index contributed by atoms with van der Waals surface area (Å²) in [6, 6.07) is 17.1. The minimum Gasteiger partial charge on any atom is -0.493 e. The predicted molar refractivity (Wildman–Crippen MR) is 124 cm³/mol. The van der Waals surface area contributed by atoms with E-state index in [2.05, 4.69) is 20.5 Å². The minimum absolute atomic E-state index is 0.145. The number of carbonyl (C=O) groups excluding carboxylic acids is 1. The Morgan fingerprint density at radius 2 is 1.68 bits per heavy atom. The molecule has 1 amide bonds. The van der Waals surface area contributed by atoms with Crippen LogP contribution in [0.25, 0.3) is 10.9 Å². The summed E-state index contributed by atoms with van der Waals surface area (Å²) in [5, 5.41) is 23.4. The Morgan fingerprint density at radius 3 is 2.42 bits per heavy atom. The van der Waals surface area contributed by atoms with Crippen LogP contribution in [0.5, 0.6) is 5.88 Å². The van der Waals surface area contributed by atoms with Gasteiger partial charge in [-0.2, -0.15) is 0 Å². The standard InChI is InChI=1S/C22H15Cl3N4O2/c23-13-3-1-12(2-4-13)9-20(30)26-15-6-8-18-16(11-15)21(22(31)27-18)29-28-19-7-5-14(24)10-17(19)25/h1-8,10-11,27,31H,9H2,(H,26,30). The van der Waals surface area contributed by atoms with Gasteiger partial charge in [0, 0.05) is 21.1 Å². The van der Waals surface area contributed by atoms with Crippen molar-refractivity contribution in [2.45, 2.75) is 6.42 Å². The Bertz CT molecular complexity index is 1300. The highest BCUT2D eigenvalue weighted by atomic mass is 35.5. The van der Waals surface area contributed by atoms with Gasteiger partial charge >= 0.3 is 0 Å². The third kappa shape index (κ3) is 4.99. The third-order valence-corrected chi connectivity index (χ3v) is 5.27. The maximum atomic E-state index is 12.4. The van der Waals surface area contributed by atoms with Crippen molar-refractivity contribution < 1.29 is 9.90 Å². The summed E-state index contributed by atoms with van der Waals surface area (Å²) >= 11 is 17.9. The molecule has 0 unspecified atom stereocenters. The average molecular weight is 474 g/mol. The highest BCUT2D eigenvalue weighted by Gasteiger charge is 2.13. The molecule has 0 spiro atoms. The van der Waals surface area contributed by atoms with E-state index in [0.29, 0.717) is 37.3 Å². The summed E-state index contributed by atoms with van der Waals surface area (Å²) < 4.78 is 0. The van der Waals surface area contributed by atoms with Crippen molar-refractivity contribution in [1.29, 1.82) is 0 Å². The molecular formula is C22H15Cl3N4O2. The first-order valence-corrected chi connectivity index (χ1v) is 10.3. The van der Waals surface area contributed by atoms with Crippen molar-refractivity contribution in [1.82, 2.24) is 4.98 Å². The van der Waals surface area contributed by atoms with E-state index in [1.807, 2.05) is 0 Å². The van der Waals surface area contributed by atoms with Crippen LogP contribution < -0.4 is 5.32 Å². The molecule has 31 heavy (non-hydrogen) atoms. The van der Waals surface area contributed by atoms with Crippen LogP contribution in [-0.2, 0) is 11.2 Å². The maximum absolute atomic E-state index is 12.4. The van der Waals surface area contributed by atoms with Gasteiger partial charge in [-0.3, -0.25) is 4.79 Å². The lowest BCUT2D eigenvalue weighted by Gasteiger charge is -2.06. The van der Waals surface area contributed by atoms with Gasteiger partial charge in [0.1, 0.15) is 5.69 Å². The fourth-order valence-corrected chi connectivity index (χ4v) is 3.57. The number of hydrogen-bond donors (Lipinski definition) is 3. The van der Waals surface area contributed by atoms with Crippen LogP contribution in [0.2, 0.25) is 15.1 Å². The van der Waals surface area contributed by atoms with Crippen molar-refractivity contribution in [3.63, 3.8) is 0 Å². The number of nitrogens with one attached hydrogen (secondary N) is 2. The molecule has 4 aromatic rings. The smallest absolute Gasteiger partial charge is 0.228 e. The zero-order chi connectivity index (χ0) is 22.0. The maximum Gasteiger partial charge on any atom is 0.228 e. The summed E-state index contributed by atoms with van der Waals surface area (Å²) in [6.45, 7) is 0. The Morgan fingerprint density at radius 1 is 0.935 bits per heavy atom. The van der Waals surface area contributed by atoms with Crippen LogP contribution >= 0.6 is 34.8 Å². The SMILES string of the molecule is O=C(Cc1ccc(Cl)cc1)Nc1ccc2[nH]c(O)c(N=Nc3ccc(Cl)cc3Cl)c2c1. The van der Waals surface area contributed by atoms with Gasteiger partial charge in [0.25, 0.3) is 0 Å². The van der Waals surface area contributed by atoms with E-state index >= 15 is 0 Å². The molecule has 1 aromatic heterocycles. The highest BCUT2D eigenvalue weighted by molar-refractivity contribution is 6.36. The second-order valence-corrected chi connectivity index (χ2v) is 8.01. The molecule has 0 saturated carbocycles. The molecule has 156 valence electrons. The molecule has 3 aromatic carbocycles. The summed E-state index contributed by atoms with van der Waals surface area (Å²) in [7, 11) is 0. The van der Waals surface area contributed by atoms with E-state index in [0.717, 1.165) is 5.56 Å². The zero-order valence-corrected chi connectivity index (χ0v) is 18.1. The van der Waals surface area contributed by atoms with Gasteiger partial charge in [0.05, 0.1) is 17.0 Å². The number of amides is 1. The fourth-order valence-electron chi connectivity index (χ4n) is 3.00. The first-order valence-electron chi connectivity index (χ1n) is 9.15. The average Bonchev–Trinajstić information content (AvgIpc) is 3.03. The van der Waals surface area contributed by atoms with Crippen molar-refractivity contribution in [2.75, 3.05) is 5.32 Å². The predicted octanol–water partition coefficient (Wildman–Crippen LogP) is 7.43. The number of aromatic amines is 1. The van der Waals surface area contributed by atoms with Gasteiger partial charge in [0.15, 0.2) is 5.69 Å². The molecule has 0 aliphatic heterocycles. The topological polar surface area (TPSA) is 89.8 Å². The molecule has 9 heteroatoms. The summed E-state index contributed by atoms with van der Waals surface area (Å²) in [4.78, 5) is 15.2. The third-order valence-electron chi connectivity index (χ3n) is 4.48. The summed E-state index contributed by atoms with van der Waals surface area (Å²) in [5.41, 5.74) is 2.69. The highest BCUT2D eigenvalue weighted by Crippen LogP contribution is 2.38. The molecule has 1 heterocycles. The zero-order valence-electron chi connectivity index (χ0n) is 15.9. The van der Waals surface area contributed by atoms with E-state index in [4.69, 9.17) is 34.8 Å². The minimum atomic E-state index is -0.183. The van der Waals surface area contributed by atoms with E-state index in [1.54, 1.807) is 60.7 Å². The van der Waals surface area contributed by atoms with Crippen LogP contribution in [0, 0.1) is 0 Å². The van der Waals surface area contributed by atoms with E-state index < -0.39 is 0 Å². The fraction of sp³-hybridized carbons (Fsp3) is 0.0455. The molecule has 4 rings (SSSR count). The van der Waals surface area contributed by atoms with Crippen LogP contribution in [0.15, 0.2) is 70.9 Å². The monoisotopic (exact) mass is 472 g/mol. The Labute approximate surface area is 192 Å². The normalized spacial score (nSPS) is 11.3. The number of rotatable bonds is 5. The largest absolute Gasteiger partial charge is 0.493 e. The number of benzene rings is 3. The first-order chi connectivity index (χ1) is 14.9. The Kier molecular flexibility index (Phi) is 6.13. The molecule has 0 radical (unpaired) electrons. The van der Waals surface area contributed by atoms with Crippen molar-refractivity contribution in [3.05, 3.63) is 81.3 Å². The lowest BCUT2D eigenvalue weighted by molar-refractivity contribution is -0.115. The van der Waals surface area contributed by atoms with Gasteiger partial charge < -0.3 is 15.4 Å². The molecular weight excluding hydrogens is 459 g/mol. The first kappa shape index (κ1) is 21.2. The number of aromatic hydroxyl groups is 1. The number of nitrogens with zero attached hydrogens (tertiary/aromatic N) is 2. The second kappa shape index (κ2) is 8.98. The number of halogens is 3. The van der Waals surface area contributed by atoms with E-state index in [-0.39, 0.29) is 23.9 Å². The van der Waals surface area contributed by atoms with Crippen LogP contribution in [0.1, 0.15) is 5.56 Å². The van der Waals surface area contributed by atoms with Crippen molar-refractivity contribution in [3.8, 4) is 5.88 Å². The van der Waals surface area contributed by atoms with E-state index in [1.165, 1.54) is 0 Å². The molecule has 0 fully saturated rings. The lowest BCUT2D eigenvalue weighted by Crippen LogP contribution is -2.14. The molecule has 0 bridgehead atoms. The summed E-state index contributed by atoms with van der Waals surface area (Å²) in [5.74, 6) is -0.328. The summed E-state index contributed by atoms with van der Waals surface area (Å²) in [6.07, 6.45) is 0.204. The van der Waals surface area contributed by atoms with Crippen molar-refractivity contribution >= 4 is 68.7 Å². The molecule has 3 N–H and O–H groups in total. The van der Waals surface area contributed by atoms with Gasteiger partial charge in [-0.25, -0.2) is 0 Å². The quantitative estimate of drug-likeness (QED) is 0.263. The number of azo groups is 1. The number of hydrogen-bond acceptors (Lipinski definition) is 4. The second-order valence-electron chi connectivity index (χ2n) is 6.73. The Balaban J connectivity index is 1.57. The molecule has 0 aliphatic carbocycles.